The van der Waals surface area contributed by atoms with Gasteiger partial charge in [0.05, 0.1) is 10.6 Å². The van der Waals surface area contributed by atoms with Gasteiger partial charge in [-0.15, -0.1) is 0 Å². The molecule has 1 aromatic rings. The summed E-state index contributed by atoms with van der Waals surface area (Å²) in [5, 5.41) is 4.35. The number of rotatable bonds is 6. The van der Waals surface area contributed by atoms with Gasteiger partial charge in [-0.3, -0.25) is 4.79 Å². The van der Waals surface area contributed by atoms with Crippen LogP contribution in [-0.4, -0.2) is 17.8 Å². The molecule has 1 rings (SSSR count). The summed E-state index contributed by atoms with van der Waals surface area (Å²) in [6, 6.07) is 5.26. The first kappa shape index (κ1) is 15.0. The van der Waals surface area contributed by atoms with Gasteiger partial charge in [0.25, 0.3) is 5.91 Å². The molecule has 1 N–H and O–H groups in total. The van der Waals surface area contributed by atoms with E-state index in [1.165, 1.54) is 0 Å². The molecule has 0 saturated carbocycles. The topological polar surface area (TPSA) is 29.1 Å². The van der Waals surface area contributed by atoms with Gasteiger partial charge >= 0.3 is 0 Å². The van der Waals surface area contributed by atoms with Gasteiger partial charge < -0.3 is 5.32 Å². The third-order valence-corrected chi connectivity index (χ3v) is 3.64. The van der Waals surface area contributed by atoms with E-state index in [9.17, 15) is 4.79 Å². The van der Waals surface area contributed by atoms with E-state index < -0.39 is 0 Å². The van der Waals surface area contributed by atoms with Gasteiger partial charge in [-0.25, -0.2) is 0 Å². The summed E-state index contributed by atoms with van der Waals surface area (Å²) >= 11 is 12.7. The van der Waals surface area contributed by atoms with Crippen LogP contribution in [0.15, 0.2) is 22.7 Å². The van der Waals surface area contributed by atoms with Crippen molar-refractivity contribution in [3.8, 4) is 0 Å². The number of carbonyl (C=O) groups excluding carboxylic acids is 1. The number of carbonyl (C=O) groups is 1. The molecule has 1 aromatic carbocycles. The van der Waals surface area contributed by atoms with Crippen molar-refractivity contribution >= 4 is 49.4 Å². The molecule has 0 aliphatic rings. The van der Waals surface area contributed by atoms with Crippen LogP contribution >= 0.6 is 43.5 Å². The molecule has 0 saturated heterocycles. The average Bonchev–Trinajstić information content (AvgIpc) is 2.28. The smallest absolute Gasteiger partial charge is 0.252 e. The molecule has 0 heterocycles. The van der Waals surface area contributed by atoms with E-state index in [2.05, 4.69) is 37.2 Å². The van der Waals surface area contributed by atoms with Crippen LogP contribution in [0.2, 0.25) is 5.02 Å². The second kappa shape index (κ2) is 8.11. The molecule has 5 heteroatoms. The van der Waals surface area contributed by atoms with Crippen molar-refractivity contribution in [1.82, 2.24) is 5.32 Å². The SMILES string of the molecule is O=C(NCCCCCBr)c1ccc(Br)cc1Cl. The summed E-state index contributed by atoms with van der Waals surface area (Å²) in [6.07, 6.45) is 3.24. The zero-order valence-electron chi connectivity index (χ0n) is 9.31. The lowest BCUT2D eigenvalue weighted by Crippen LogP contribution is -2.24. The van der Waals surface area contributed by atoms with E-state index in [1.807, 2.05) is 6.07 Å². The highest BCUT2D eigenvalue weighted by Gasteiger charge is 2.09. The minimum absolute atomic E-state index is 0.110. The minimum atomic E-state index is -0.110. The van der Waals surface area contributed by atoms with E-state index in [0.717, 1.165) is 29.1 Å². The second-order valence-electron chi connectivity index (χ2n) is 3.63. The van der Waals surface area contributed by atoms with Crippen LogP contribution < -0.4 is 5.32 Å². The standard InChI is InChI=1S/C12H14Br2ClNO/c13-6-2-1-3-7-16-12(17)10-5-4-9(14)8-11(10)15/h4-5,8H,1-3,6-7H2,(H,16,17). The van der Waals surface area contributed by atoms with Gasteiger partial charge in [-0.1, -0.05) is 49.9 Å². The molecule has 17 heavy (non-hydrogen) atoms. The van der Waals surface area contributed by atoms with Gasteiger partial charge in [-0.05, 0) is 31.0 Å². The monoisotopic (exact) mass is 381 g/mol. The Morgan fingerprint density at radius 3 is 2.71 bits per heavy atom. The first-order valence-electron chi connectivity index (χ1n) is 5.44. The first-order chi connectivity index (χ1) is 8.15. The van der Waals surface area contributed by atoms with Gasteiger partial charge in [0.1, 0.15) is 0 Å². The maximum Gasteiger partial charge on any atom is 0.252 e. The molecule has 2 nitrogen and oxygen atoms in total. The Bertz CT molecular complexity index is 385. The first-order valence-corrected chi connectivity index (χ1v) is 7.73. The lowest BCUT2D eigenvalue weighted by atomic mass is 10.2. The lowest BCUT2D eigenvalue weighted by molar-refractivity contribution is 0.0953. The van der Waals surface area contributed by atoms with Crippen molar-refractivity contribution < 1.29 is 4.79 Å². The highest BCUT2D eigenvalue weighted by molar-refractivity contribution is 9.10. The van der Waals surface area contributed by atoms with Crippen molar-refractivity contribution in [3.05, 3.63) is 33.3 Å². The van der Waals surface area contributed by atoms with Crippen LogP contribution in [0.5, 0.6) is 0 Å². The van der Waals surface area contributed by atoms with Gasteiger partial charge in [-0.2, -0.15) is 0 Å². The summed E-state index contributed by atoms with van der Waals surface area (Å²) in [4.78, 5) is 11.8. The number of hydrogen-bond acceptors (Lipinski definition) is 1. The number of alkyl halides is 1. The van der Waals surface area contributed by atoms with Crippen LogP contribution in [0.3, 0.4) is 0 Å². The van der Waals surface area contributed by atoms with Crippen LogP contribution in [0, 0.1) is 0 Å². The maximum atomic E-state index is 11.8. The van der Waals surface area contributed by atoms with Crippen molar-refractivity contribution in [2.45, 2.75) is 19.3 Å². The van der Waals surface area contributed by atoms with E-state index in [0.29, 0.717) is 17.1 Å². The van der Waals surface area contributed by atoms with Crippen molar-refractivity contribution in [2.75, 3.05) is 11.9 Å². The average molecular weight is 384 g/mol. The fourth-order valence-corrected chi connectivity index (χ4v) is 2.52. The predicted molar refractivity (Wildman–Crippen MR) is 79.1 cm³/mol. The Labute approximate surface area is 123 Å². The zero-order chi connectivity index (χ0) is 12.7. The number of benzene rings is 1. The molecule has 0 aliphatic heterocycles. The number of halogens is 3. The molecule has 0 aromatic heterocycles. The highest BCUT2D eigenvalue weighted by Crippen LogP contribution is 2.21. The summed E-state index contributed by atoms with van der Waals surface area (Å²) in [5.74, 6) is -0.110. The molecule has 94 valence electrons. The zero-order valence-corrected chi connectivity index (χ0v) is 13.2. The van der Waals surface area contributed by atoms with E-state index >= 15 is 0 Å². The molecule has 0 unspecified atom stereocenters. The number of hydrogen-bond donors (Lipinski definition) is 1. The normalized spacial score (nSPS) is 10.3. The van der Waals surface area contributed by atoms with Crippen molar-refractivity contribution in [3.63, 3.8) is 0 Å². The minimum Gasteiger partial charge on any atom is -0.352 e. The largest absolute Gasteiger partial charge is 0.352 e. The van der Waals surface area contributed by atoms with Gasteiger partial charge in [0.2, 0.25) is 0 Å². The third-order valence-electron chi connectivity index (χ3n) is 2.27. The van der Waals surface area contributed by atoms with Crippen molar-refractivity contribution in [1.29, 1.82) is 0 Å². The molecular weight excluding hydrogens is 369 g/mol. The Morgan fingerprint density at radius 1 is 1.29 bits per heavy atom. The Hall–Kier alpha value is -0.0600. The molecule has 1 amide bonds. The Balaban J connectivity index is 2.42. The molecule has 0 atom stereocenters. The molecular formula is C12H14Br2ClNO. The molecule has 0 fully saturated rings. The summed E-state index contributed by atoms with van der Waals surface area (Å²) < 4.78 is 0.872. The summed E-state index contributed by atoms with van der Waals surface area (Å²) in [6.45, 7) is 0.693. The quantitative estimate of drug-likeness (QED) is 0.573. The summed E-state index contributed by atoms with van der Waals surface area (Å²) in [7, 11) is 0. The number of nitrogens with one attached hydrogen (secondary N) is 1. The van der Waals surface area contributed by atoms with Crippen molar-refractivity contribution in [2.24, 2.45) is 0 Å². The van der Waals surface area contributed by atoms with E-state index in [-0.39, 0.29) is 5.91 Å². The lowest BCUT2D eigenvalue weighted by Gasteiger charge is -2.06. The molecule has 0 bridgehead atoms. The molecule has 0 spiro atoms. The molecule has 0 aliphatic carbocycles. The number of unbranched alkanes of at least 4 members (excludes halogenated alkanes) is 2. The van der Waals surface area contributed by atoms with Gasteiger partial charge in [0, 0.05) is 16.3 Å². The van der Waals surface area contributed by atoms with Crippen LogP contribution in [0.1, 0.15) is 29.6 Å². The predicted octanol–water partition coefficient (Wildman–Crippen LogP) is 4.40. The van der Waals surface area contributed by atoms with E-state index in [4.69, 9.17) is 11.6 Å². The Kier molecular flexibility index (Phi) is 7.16. The van der Waals surface area contributed by atoms with E-state index in [1.54, 1.807) is 12.1 Å². The third kappa shape index (κ3) is 5.40. The fraction of sp³-hybridized carbons (Fsp3) is 0.417. The maximum absolute atomic E-state index is 11.8. The van der Waals surface area contributed by atoms with Crippen LogP contribution in [-0.2, 0) is 0 Å². The van der Waals surface area contributed by atoms with Crippen LogP contribution in [0.25, 0.3) is 0 Å². The Morgan fingerprint density at radius 2 is 2.06 bits per heavy atom. The second-order valence-corrected chi connectivity index (χ2v) is 5.75. The highest BCUT2D eigenvalue weighted by atomic mass is 79.9. The van der Waals surface area contributed by atoms with Crippen LogP contribution in [0.4, 0.5) is 0 Å². The van der Waals surface area contributed by atoms with Gasteiger partial charge in [0.15, 0.2) is 0 Å². The summed E-state index contributed by atoms with van der Waals surface area (Å²) in [5.41, 5.74) is 0.523. The molecule has 0 radical (unpaired) electrons. The number of amides is 1. The fourth-order valence-electron chi connectivity index (χ4n) is 1.37.